The van der Waals surface area contributed by atoms with E-state index in [0.29, 0.717) is 15.4 Å². The van der Waals surface area contributed by atoms with Crippen LogP contribution in [0.2, 0.25) is 0 Å². The van der Waals surface area contributed by atoms with Crippen LogP contribution in [0.15, 0.2) is 21.1 Å². The van der Waals surface area contributed by atoms with Crippen LogP contribution in [0.3, 0.4) is 0 Å². The lowest BCUT2D eigenvalue weighted by atomic mass is 9.92. The first-order valence-corrected chi connectivity index (χ1v) is 13.2. The van der Waals surface area contributed by atoms with Gasteiger partial charge in [-0.05, 0) is 56.0 Å². The molecule has 1 aromatic rings. The van der Waals surface area contributed by atoms with Gasteiger partial charge < -0.3 is 10.2 Å². The van der Waals surface area contributed by atoms with Crippen molar-refractivity contribution in [2.45, 2.75) is 96.0 Å². The minimum atomic E-state index is -1.78. The molecule has 0 aromatic heterocycles. The molecule has 5 nitrogen and oxygen atoms in total. The number of rotatable bonds is 13. The molecule has 1 aliphatic heterocycles. The molecule has 1 heterocycles. The molecule has 1 fully saturated rings. The van der Waals surface area contributed by atoms with Crippen LogP contribution < -0.4 is 0 Å². The molecule has 0 saturated carbocycles. The zero-order valence-corrected chi connectivity index (χ0v) is 21.6. The fourth-order valence-electron chi connectivity index (χ4n) is 4.10. The Morgan fingerprint density at radius 1 is 1.00 bits per heavy atom. The van der Waals surface area contributed by atoms with Crippen LogP contribution >= 0.6 is 31.9 Å². The van der Waals surface area contributed by atoms with Crippen LogP contribution in [0.5, 0.6) is 5.75 Å². The van der Waals surface area contributed by atoms with E-state index in [1.54, 1.807) is 6.07 Å². The van der Waals surface area contributed by atoms with Gasteiger partial charge >= 0.3 is 0 Å². The molecule has 2 amide bonds. The highest BCUT2D eigenvalue weighted by molar-refractivity contribution is 9.13. The molecule has 1 aromatic carbocycles. The van der Waals surface area contributed by atoms with E-state index in [-0.39, 0.29) is 30.2 Å². The number of benzene rings is 1. The van der Waals surface area contributed by atoms with Gasteiger partial charge in [0.1, 0.15) is 5.75 Å². The van der Waals surface area contributed by atoms with Gasteiger partial charge in [0, 0.05) is 23.9 Å². The summed E-state index contributed by atoms with van der Waals surface area (Å²) in [6, 6.07) is 2.96. The number of imide groups is 1. The van der Waals surface area contributed by atoms with E-state index in [0.717, 1.165) is 19.3 Å². The summed E-state index contributed by atoms with van der Waals surface area (Å²) in [6.07, 6.45) is 13.7. The number of likely N-dealkylation sites (tertiary alicyclic amines) is 1. The van der Waals surface area contributed by atoms with Gasteiger partial charge in [-0.3, -0.25) is 14.5 Å². The van der Waals surface area contributed by atoms with Crippen molar-refractivity contribution in [2.24, 2.45) is 0 Å². The van der Waals surface area contributed by atoms with Crippen molar-refractivity contribution < 1.29 is 19.8 Å². The summed E-state index contributed by atoms with van der Waals surface area (Å²) >= 11 is 6.53. The Morgan fingerprint density at radius 3 is 2.10 bits per heavy atom. The predicted octanol–water partition coefficient (Wildman–Crippen LogP) is 6.56. The summed E-state index contributed by atoms with van der Waals surface area (Å²) in [5, 5.41) is 21.0. The lowest BCUT2D eigenvalue weighted by Gasteiger charge is -2.23. The Hall–Kier alpha value is -0.920. The number of carbonyl (C=O) groups is 2. The summed E-state index contributed by atoms with van der Waals surface area (Å²) < 4.78 is 0.990. The highest BCUT2D eigenvalue weighted by atomic mass is 79.9. The van der Waals surface area contributed by atoms with Crippen LogP contribution in [0.1, 0.15) is 96.0 Å². The number of phenols is 1. The number of hydrogen-bond acceptors (Lipinski definition) is 4. The van der Waals surface area contributed by atoms with Crippen LogP contribution in [0.4, 0.5) is 0 Å². The van der Waals surface area contributed by atoms with E-state index in [9.17, 15) is 19.8 Å². The van der Waals surface area contributed by atoms with Crippen molar-refractivity contribution in [1.82, 2.24) is 4.90 Å². The number of aliphatic hydroxyl groups is 1. The zero-order chi connectivity index (χ0) is 22.9. The van der Waals surface area contributed by atoms with Gasteiger partial charge in [0.15, 0.2) is 5.60 Å². The summed E-state index contributed by atoms with van der Waals surface area (Å²) in [5.41, 5.74) is -1.50. The SMILES string of the molecule is CCCCCCCCCCCCCC(=O)N1CCC(O)(c2cc(O)c(Br)c(Br)c2)C1=O. The maximum Gasteiger partial charge on any atom is 0.265 e. The number of unbranched alkanes of at least 4 members (excludes halogenated alkanes) is 10. The number of phenolic OH excluding ortho intramolecular Hbond substituents is 1. The number of amides is 2. The Balaban J connectivity index is 1.71. The lowest BCUT2D eigenvalue weighted by molar-refractivity contribution is -0.151. The van der Waals surface area contributed by atoms with E-state index < -0.39 is 11.5 Å². The molecular weight excluding hydrogens is 526 g/mol. The number of hydrogen-bond donors (Lipinski definition) is 2. The van der Waals surface area contributed by atoms with Crippen molar-refractivity contribution in [3.8, 4) is 5.75 Å². The molecule has 1 saturated heterocycles. The van der Waals surface area contributed by atoms with Crippen molar-refractivity contribution in [1.29, 1.82) is 0 Å². The molecule has 0 aliphatic carbocycles. The summed E-state index contributed by atoms with van der Waals surface area (Å²) in [7, 11) is 0. The summed E-state index contributed by atoms with van der Waals surface area (Å²) in [5.74, 6) is -0.900. The Kier molecular flexibility index (Phi) is 11.0. The summed E-state index contributed by atoms with van der Waals surface area (Å²) in [4.78, 5) is 26.5. The molecule has 0 bridgehead atoms. The van der Waals surface area contributed by atoms with Gasteiger partial charge in [-0.1, -0.05) is 71.1 Å². The molecule has 7 heteroatoms. The van der Waals surface area contributed by atoms with Crippen LogP contribution in [-0.2, 0) is 15.2 Å². The fraction of sp³-hybridized carbons (Fsp3) is 0.667. The second kappa shape index (κ2) is 12.9. The van der Waals surface area contributed by atoms with Gasteiger partial charge in [-0.2, -0.15) is 0 Å². The molecular formula is C24H35Br2NO4. The van der Waals surface area contributed by atoms with Gasteiger partial charge in [0.2, 0.25) is 5.91 Å². The van der Waals surface area contributed by atoms with Gasteiger partial charge in [-0.15, -0.1) is 0 Å². The highest BCUT2D eigenvalue weighted by Crippen LogP contribution is 2.40. The monoisotopic (exact) mass is 559 g/mol. The maximum absolute atomic E-state index is 12.8. The Bertz CT molecular complexity index is 732. The van der Waals surface area contributed by atoms with E-state index in [2.05, 4.69) is 38.8 Å². The van der Waals surface area contributed by atoms with E-state index in [1.165, 1.54) is 62.3 Å². The second-order valence-corrected chi connectivity index (χ2v) is 10.2. The molecule has 0 spiro atoms. The van der Waals surface area contributed by atoms with Crippen LogP contribution in [-0.4, -0.2) is 33.5 Å². The molecule has 2 N–H and O–H groups in total. The molecule has 1 unspecified atom stereocenters. The molecule has 31 heavy (non-hydrogen) atoms. The molecule has 0 radical (unpaired) electrons. The number of carbonyl (C=O) groups excluding carboxylic acids is 2. The minimum Gasteiger partial charge on any atom is -0.507 e. The van der Waals surface area contributed by atoms with Gasteiger partial charge in [0.05, 0.1) is 4.47 Å². The van der Waals surface area contributed by atoms with E-state index in [4.69, 9.17) is 0 Å². The van der Waals surface area contributed by atoms with Crippen molar-refractivity contribution in [3.05, 3.63) is 26.6 Å². The Morgan fingerprint density at radius 2 is 1.55 bits per heavy atom. The van der Waals surface area contributed by atoms with Gasteiger partial charge in [-0.25, -0.2) is 0 Å². The molecule has 2 rings (SSSR count). The topological polar surface area (TPSA) is 77.8 Å². The third-order valence-corrected chi connectivity index (χ3v) is 8.07. The van der Waals surface area contributed by atoms with Crippen molar-refractivity contribution in [2.75, 3.05) is 6.54 Å². The van der Waals surface area contributed by atoms with Crippen LogP contribution in [0, 0.1) is 0 Å². The maximum atomic E-state index is 12.8. The quantitative estimate of drug-likeness (QED) is 0.268. The third-order valence-electron chi connectivity index (χ3n) is 6.08. The number of nitrogens with zero attached hydrogens (tertiary/aromatic N) is 1. The lowest BCUT2D eigenvalue weighted by Crippen LogP contribution is -2.40. The first-order chi connectivity index (χ1) is 14.8. The fourth-order valence-corrected chi connectivity index (χ4v) is 4.78. The molecule has 1 aliphatic rings. The van der Waals surface area contributed by atoms with Crippen molar-refractivity contribution >= 4 is 43.7 Å². The van der Waals surface area contributed by atoms with E-state index in [1.807, 2.05) is 0 Å². The summed E-state index contributed by atoms with van der Waals surface area (Å²) in [6.45, 7) is 2.43. The van der Waals surface area contributed by atoms with E-state index >= 15 is 0 Å². The average Bonchev–Trinajstić information content (AvgIpc) is 3.05. The predicted molar refractivity (Wildman–Crippen MR) is 130 cm³/mol. The second-order valence-electron chi connectivity index (χ2n) is 8.54. The minimum absolute atomic E-state index is 0.0728. The average molecular weight is 561 g/mol. The molecule has 174 valence electrons. The molecule has 1 atom stereocenters. The zero-order valence-electron chi connectivity index (χ0n) is 18.5. The van der Waals surface area contributed by atoms with Crippen LogP contribution in [0.25, 0.3) is 0 Å². The number of aromatic hydroxyl groups is 1. The largest absolute Gasteiger partial charge is 0.507 e. The number of halogens is 2. The Labute approximate surface area is 202 Å². The first-order valence-electron chi connectivity index (χ1n) is 11.6. The third kappa shape index (κ3) is 7.29. The normalized spacial score (nSPS) is 18.7. The standard InChI is InChI=1S/C24H35Br2NO4/c1-2-3-4-5-6-7-8-9-10-11-12-13-21(29)27-15-14-24(31,23(27)30)18-16-19(25)22(26)20(28)17-18/h16-17,28,31H,2-15H2,1H3. The smallest absolute Gasteiger partial charge is 0.265 e. The first kappa shape index (κ1) is 26.3. The highest BCUT2D eigenvalue weighted by Gasteiger charge is 2.48. The van der Waals surface area contributed by atoms with Crippen molar-refractivity contribution in [3.63, 3.8) is 0 Å². The van der Waals surface area contributed by atoms with Gasteiger partial charge in [0.25, 0.3) is 5.91 Å².